The number of alkyl halides is 2. The Hall–Kier alpha value is -3.97. The van der Waals surface area contributed by atoms with Crippen LogP contribution in [0.4, 0.5) is 14.6 Å². The van der Waals surface area contributed by atoms with Crippen LogP contribution in [0.1, 0.15) is 78.6 Å². The summed E-state index contributed by atoms with van der Waals surface area (Å²) in [6.45, 7) is 4.91. The number of fused-ring (bicyclic) bond motifs is 4. The van der Waals surface area contributed by atoms with Crippen molar-refractivity contribution in [3.05, 3.63) is 82.4 Å². The van der Waals surface area contributed by atoms with Crippen molar-refractivity contribution in [1.82, 2.24) is 23.9 Å². The van der Waals surface area contributed by atoms with Crippen molar-refractivity contribution in [2.75, 3.05) is 18.0 Å². The van der Waals surface area contributed by atoms with Gasteiger partial charge in [0.1, 0.15) is 10.7 Å². The SMILES string of the molecule is CCc1ccc([C@H](CC(=O)O)c2ccn3c(C(F)F)nnc3c2C)cc1CN1C[C@@H]2CCCCN2c2ncccc2S1(=O)=O. The summed E-state index contributed by atoms with van der Waals surface area (Å²) in [5, 5.41) is 17.5. The standard InChI is InChI=1S/C31H34F2N6O4S/c1-3-20-9-10-21(25(16-27(40)41)24-11-14-39-29(19(24)2)35-36-31(39)28(32)33)15-22(20)17-37-18-23-7-4-5-13-38(23)30-26(44(37,42)43)8-6-12-34-30/h6,8-12,14-15,23,25,28H,3-5,7,13,16-18H2,1-2H3,(H,40,41)/t23-,25-/m0/s1. The van der Waals surface area contributed by atoms with Gasteiger partial charge in [-0.1, -0.05) is 25.1 Å². The Bertz CT molecular complexity index is 1830. The number of aromatic nitrogens is 4. The van der Waals surface area contributed by atoms with E-state index in [-0.39, 0.29) is 29.6 Å². The van der Waals surface area contributed by atoms with E-state index < -0.39 is 34.2 Å². The van der Waals surface area contributed by atoms with Crippen LogP contribution in [-0.2, 0) is 27.8 Å². The van der Waals surface area contributed by atoms with Gasteiger partial charge in [-0.2, -0.15) is 4.31 Å². The fourth-order valence-electron chi connectivity index (χ4n) is 6.66. The molecule has 0 radical (unpaired) electrons. The highest BCUT2D eigenvalue weighted by molar-refractivity contribution is 7.89. The largest absolute Gasteiger partial charge is 0.481 e. The van der Waals surface area contributed by atoms with E-state index in [1.807, 2.05) is 25.1 Å². The number of hydrogen-bond acceptors (Lipinski definition) is 7. The molecule has 0 bridgehead atoms. The Morgan fingerprint density at radius 3 is 2.70 bits per heavy atom. The van der Waals surface area contributed by atoms with Gasteiger partial charge in [-0.25, -0.2) is 22.2 Å². The number of carboxylic acids is 1. The summed E-state index contributed by atoms with van der Waals surface area (Å²) in [6.07, 6.45) is 3.51. The molecule has 6 rings (SSSR count). The molecule has 1 N–H and O–H groups in total. The van der Waals surface area contributed by atoms with Crippen molar-refractivity contribution in [1.29, 1.82) is 0 Å². The number of pyridine rings is 2. The normalized spacial score (nSPS) is 19.0. The van der Waals surface area contributed by atoms with Crippen molar-refractivity contribution in [2.24, 2.45) is 0 Å². The van der Waals surface area contributed by atoms with Crippen LogP contribution in [0.2, 0.25) is 0 Å². The molecule has 1 fully saturated rings. The molecule has 1 aromatic carbocycles. The summed E-state index contributed by atoms with van der Waals surface area (Å²) in [5.41, 5.74) is 3.85. The highest BCUT2D eigenvalue weighted by Crippen LogP contribution is 2.37. The fraction of sp³-hybridized carbons (Fsp3) is 0.419. The zero-order valence-electron chi connectivity index (χ0n) is 24.5. The zero-order chi connectivity index (χ0) is 31.2. The highest BCUT2D eigenvalue weighted by atomic mass is 32.2. The molecule has 0 aliphatic carbocycles. The number of sulfonamides is 1. The van der Waals surface area contributed by atoms with Crippen molar-refractivity contribution in [3.8, 4) is 0 Å². The van der Waals surface area contributed by atoms with Crippen molar-refractivity contribution < 1.29 is 27.1 Å². The topological polar surface area (TPSA) is 121 Å². The molecule has 2 atom stereocenters. The van der Waals surface area contributed by atoms with Crippen molar-refractivity contribution >= 4 is 27.5 Å². The second-order valence-electron chi connectivity index (χ2n) is 11.4. The Morgan fingerprint density at radius 1 is 1.14 bits per heavy atom. The maximum absolute atomic E-state index is 14.1. The third-order valence-electron chi connectivity index (χ3n) is 8.89. The molecule has 232 valence electrons. The molecule has 13 heteroatoms. The van der Waals surface area contributed by atoms with Crippen LogP contribution in [0.15, 0.2) is 53.7 Å². The number of piperidine rings is 1. The van der Waals surface area contributed by atoms with E-state index in [4.69, 9.17) is 0 Å². The first-order valence-electron chi connectivity index (χ1n) is 14.8. The van der Waals surface area contributed by atoms with Gasteiger partial charge in [-0.15, -0.1) is 10.2 Å². The molecule has 10 nitrogen and oxygen atoms in total. The van der Waals surface area contributed by atoms with Gasteiger partial charge >= 0.3 is 5.97 Å². The summed E-state index contributed by atoms with van der Waals surface area (Å²) < 4.78 is 57.9. The van der Waals surface area contributed by atoms with Gasteiger partial charge in [0, 0.05) is 44.0 Å². The Balaban J connectivity index is 1.42. The first-order chi connectivity index (χ1) is 21.1. The van der Waals surface area contributed by atoms with Gasteiger partial charge in [-0.3, -0.25) is 9.20 Å². The zero-order valence-corrected chi connectivity index (χ0v) is 25.3. The smallest absolute Gasteiger partial charge is 0.304 e. The van der Waals surface area contributed by atoms with Crippen LogP contribution in [0.5, 0.6) is 0 Å². The summed E-state index contributed by atoms with van der Waals surface area (Å²) in [4.78, 5) is 18.9. The maximum Gasteiger partial charge on any atom is 0.304 e. The minimum atomic E-state index is -3.88. The van der Waals surface area contributed by atoms with E-state index in [9.17, 15) is 27.1 Å². The highest BCUT2D eigenvalue weighted by Gasteiger charge is 2.39. The van der Waals surface area contributed by atoms with Crippen molar-refractivity contribution in [3.63, 3.8) is 0 Å². The van der Waals surface area contributed by atoms with Crippen LogP contribution < -0.4 is 4.90 Å². The fourth-order valence-corrected chi connectivity index (χ4v) is 8.27. The third kappa shape index (κ3) is 5.32. The maximum atomic E-state index is 14.1. The molecule has 2 aliphatic heterocycles. The molecule has 44 heavy (non-hydrogen) atoms. The summed E-state index contributed by atoms with van der Waals surface area (Å²) in [7, 11) is -3.88. The minimum Gasteiger partial charge on any atom is -0.481 e. The number of anilines is 1. The monoisotopic (exact) mass is 624 g/mol. The van der Waals surface area contributed by atoms with Gasteiger partial charge in [0.2, 0.25) is 15.8 Å². The van der Waals surface area contributed by atoms with Crippen LogP contribution in [0.25, 0.3) is 5.65 Å². The average molecular weight is 625 g/mol. The van der Waals surface area contributed by atoms with Crippen LogP contribution >= 0.6 is 0 Å². The Labute approximate surface area is 254 Å². The number of nitrogens with zero attached hydrogens (tertiary/aromatic N) is 6. The minimum absolute atomic E-state index is 0.00152. The van der Waals surface area contributed by atoms with Gasteiger partial charge < -0.3 is 10.0 Å². The second kappa shape index (κ2) is 11.8. The van der Waals surface area contributed by atoms with E-state index in [0.717, 1.165) is 36.9 Å². The van der Waals surface area contributed by atoms with E-state index in [2.05, 4.69) is 20.1 Å². The number of carboxylic acid groups (broad SMARTS) is 1. The van der Waals surface area contributed by atoms with Gasteiger partial charge in [0.05, 0.1) is 6.42 Å². The number of hydrogen-bond donors (Lipinski definition) is 1. The molecule has 2 aliphatic rings. The van der Waals surface area contributed by atoms with Gasteiger partial charge in [-0.05, 0) is 78.6 Å². The Morgan fingerprint density at radius 2 is 1.95 bits per heavy atom. The molecule has 4 aromatic rings. The lowest BCUT2D eigenvalue weighted by Gasteiger charge is -2.36. The lowest BCUT2D eigenvalue weighted by Crippen LogP contribution is -2.45. The molecule has 0 amide bonds. The van der Waals surface area contributed by atoms with Crippen LogP contribution in [-0.4, -0.2) is 62.5 Å². The van der Waals surface area contributed by atoms with Gasteiger partial charge in [0.25, 0.3) is 6.43 Å². The number of aliphatic carboxylic acids is 1. The predicted molar refractivity (Wildman–Crippen MR) is 159 cm³/mol. The second-order valence-corrected chi connectivity index (χ2v) is 13.4. The quantitative estimate of drug-likeness (QED) is 0.288. The number of halogens is 2. The van der Waals surface area contributed by atoms with Crippen molar-refractivity contribution in [2.45, 2.75) is 75.8 Å². The average Bonchev–Trinajstić information content (AvgIpc) is 3.42. The lowest BCUT2D eigenvalue weighted by atomic mass is 9.85. The number of benzene rings is 1. The van der Waals surface area contributed by atoms with E-state index in [1.165, 1.54) is 14.9 Å². The number of aryl methyl sites for hydroxylation is 2. The lowest BCUT2D eigenvalue weighted by molar-refractivity contribution is -0.137. The first kappa shape index (κ1) is 30.1. The summed E-state index contributed by atoms with van der Waals surface area (Å²) in [6, 6.07) is 10.6. The van der Waals surface area contributed by atoms with Crippen LogP contribution in [0, 0.1) is 6.92 Å². The van der Waals surface area contributed by atoms with Gasteiger partial charge in [0.15, 0.2) is 5.65 Å². The summed E-state index contributed by atoms with van der Waals surface area (Å²) >= 11 is 0. The molecule has 5 heterocycles. The van der Waals surface area contributed by atoms with E-state index in [1.54, 1.807) is 31.3 Å². The van der Waals surface area contributed by atoms with Crippen LogP contribution in [0.3, 0.4) is 0 Å². The van der Waals surface area contributed by atoms with E-state index >= 15 is 0 Å². The third-order valence-corrected chi connectivity index (χ3v) is 10.7. The molecule has 1 saturated heterocycles. The molecule has 3 aromatic heterocycles. The Kier molecular flexibility index (Phi) is 8.10. The molecule has 0 unspecified atom stereocenters. The number of carbonyl (C=O) groups is 1. The predicted octanol–water partition coefficient (Wildman–Crippen LogP) is 5.10. The molecular formula is C31H34F2N6O4S. The molecular weight excluding hydrogens is 590 g/mol. The van der Waals surface area contributed by atoms with E-state index in [0.29, 0.717) is 35.5 Å². The summed E-state index contributed by atoms with van der Waals surface area (Å²) in [5.74, 6) is -1.64. The molecule has 0 spiro atoms. The first-order valence-corrected chi connectivity index (χ1v) is 16.2. The number of rotatable bonds is 8. The molecule has 0 saturated carbocycles.